The van der Waals surface area contributed by atoms with Crippen LogP contribution in [-0.2, 0) is 10.2 Å². The molecule has 0 radical (unpaired) electrons. The molecule has 0 bridgehead atoms. The fourth-order valence-electron chi connectivity index (χ4n) is 3.71. The van der Waals surface area contributed by atoms with Crippen molar-refractivity contribution in [3.05, 3.63) is 48.0 Å². The number of carbonyl (C=O) groups is 1. The molecular formula is C22H27N3O5S. The van der Waals surface area contributed by atoms with Crippen LogP contribution < -0.4 is 23.4 Å². The van der Waals surface area contributed by atoms with Gasteiger partial charge in [0, 0.05) is 18.2 Å². The summed E-state index contributed by atoms with van der Waals surface area (Å²) in [4.78, 5) is 12.6. The molecule has 31 heavy (non-hydrogen) atoms. The molecule has 8 nitrogen and oxygen atoms in total. The van der Waals surface area contributed by atoms with Crippen LogP contribution >= 0.6 is 0 Å². The first-order valence-corrected chi connectivity index (χ1v) is 12.0. The topological polar surface area (TPSA) is 88.2 Å². The van der Waals surface area contributed by atoms with Gasteiger partial charge in [0.1, 0.15) is 0 Å². The van der Waals surface area contributed by atoms with Crippen LogP contribution in [0.4, 0.5) is 11.4 Å². The van der Waals surface area contributed by atoms with E-state index in [2.05, 4.69) is 5.32 Å². The molecule has 1 saturated carbocycles. The minimum atomic E-state index is -3.63. The molecule has 2 aliphatic rings. The lowest BCUT2D eigenvalue weighted by Gasteiger charge is -2.21. The Morgan fingerprint density at radius 2 is 1.71 bits per heavy atom. The highest BCUT2D eigenvalue weighted by atomic mass is 32.2. The first-order chi connectivity index (χ1) is 15.0. The van der Waals surface area contributed by atoms with Crippen LogP contribution in [0.25, 0.3) is 0 Å². The molecule has 1 amide bonds. The normalized spacial score (nSPS) is 16.7. The molecular weight excluding hydrogens is 418 g/mol. The summed E-state index contributed by atoms with van der Waals surface area (Å²) in [6.07, 6.45) is 1.75. The number of fused-ring (bicyclic) bond motifs is 1. The summed E-state index contributed by atoms with van der Waals surface area (Å²) in [5.74, 6) is 0.793. The number of nitrogens with one attached hydrogen (secondary N) is 1. The van der Waals surface area contributed by atoms with Gasteiger partial charge < -0.3 is 14.8 Å². The van der Waals surface area contributed by atoms with Gasteiger partial charge in [-0.3, -0.25) is 4.79 Å². The minimum Gasteiger partial charge on any atom is -0.490 e. The Hall–Kier alpha value is -2.94. The van der Waals surface area contributed by atoms with Gasteiger partial charge in [-0.05, 0) is 57.0 Å². The first-order valence-electron chi connectivity index (χ1n) is 10.6. The third-order valence-corrected chi connectivity index (χ3v) is 7.13. The summed E-state index contributed by atoms with van der Waals surface area (Å²) < 4.78 is 40.2. The second-order valence-corrected chi connectivity index (χ2v) is 9.11. The van der Waals surface area contributed by atoms with Crippen LogP contribution in [-0.4, -0.2) is 46.7 Å². The fraction of sp³-hybridized carbons (Fsp3) is 0.409. The Balaban J connectivity index is 1.44. The molecule has 1 fully saturated rings. The molecule has 0 atom stereocenters. The molecule has 1 N–H and O–H groups in total. The number of hydrogen-bond donors (Lipinski definition) is 1. The maximum absolute atomic E-state index is 13.1. The second-order valence-electron chi connectivity index (χ2n) is 7.38. The van der Waals surface area contributed by atoms with Crippen molar-refractivity contribution >= 4 is 27.5 Å². The van der Waals surface area contributed by atoms with Crippen LogP contribution in [0.1, 0.15) is 37.0 Å². The van der Waals surface area contributed by atoms with Crippen molar-refractivity contribution in [2.45, 2.75) is 32.7 Å². The van der Waals surface area contributed by atoms with Crippen molar-refractivity contribution < 1.29 is 22.7 Å². The molecule has 0 unspecified atom stereocenters. The lowest BCUT2D eigenvalue weighted by atomic mass is 10.2. The van der Waals surface area contributed by atoms with E-state index in [4.69, 9.17) is 9.47 Å². The molecule has 0 saturated heterocycles. The quantitative estimate of drug-likeness (QED) is 0.641. The summed E-state index contributed by atoms with van der Waals surface area (Å²) in [6, 6.07) is 12.4. The number of amides is 1. The van der Waals surface area contributed by atoms with Gasteiger partial charge in [0.25, 0.3) is 5.91 Å². The largest absolute Gasteiger partial charge is 0.490 e. The number of carbonyl (C=O) groups excluding carboxylic acids is 1. The van der Waals surface area contributed by atoms with Gasteiger partial charge in [0.2, 0.25) is 0 Å². The van der Waals surface area contributed by atoms with E-state index in [-0.39, 0.29) is 25.0 Å². The molecule has 1 aliphatic carbocycles. The highest BCUT2D eigenvalue weighted by molar-refractivity contribution is 7.94. The van der Waals surface area contributed by atoms with Crippen LogP contribution in [0.3, 0.4) is 0 Å². The van der Waals surface area contributed by atoms with E-state index in [0.717, 1.165) is 12.8 Å². The number of para-hydroxylation sites is 2. The second kappa shape index (κ2) is 8.66. The Labute approximate surface area is 182 Å². The zero-order chi connectivity index (χ0) is 22.0. The number of anilines is 2. The Morgan fingerprint density at radius 1 is 1.03 bits per heavy atom. The highest BCUT2D eigenvalue weighted by Gasteiger charge is 2.47. The molecule has 4 rings (SSSR count). The molecule has 2 aromatic rings. The minimum absolute atomic E-state index is 0.0339. The Bertz CT molecular complexity index is 1070. The van der Waals surface area contributed by atoms with Gasteiger partial charge in [-0.25, -0.2) is 8.61 Å². The van der Waals surface area contributed by atoms with Crippen LogP contribution in [0, 0.1) is 0 Å². The zero-order valence-corrected chi connectivity index (χ0v) is 18.5. The highest BCUT2D eigenvalue weighted by Crippen LogP contribution is 2.46. The molecule has 166 valence electrons. The van der Waals surface area contributed by atoms with Crippen LogP contribution in [0.15, 0.2) is 42.5 Å². The lowest BCUT2D eigenvalue weighted by molar-refractivity contribution is 0.0954. The number of nitrogens with zero attached hydrogens (tertiary/aromatic N) is 2. The maximum atomic E-state index is 13.1. The predicted molar refractivity (Wildman–Crippen MR) is 119 cm³/mol. The van der Waals surface area contributed by atoms with E-state index >= 15 is 0 Å². The maximum Gasteiger partial charge on any atom is 0.326 e. The standard InChI is InChI=1S/C22H27N3O5S/c1-3-29-20-12-9-16(15-21(20)30-4-2)22(26)23-13-14-24-18-7-5-6-8-19(18)25(17-10-11-17)31(24,27)28/h5-9,12,15,17H,3-4,10-11,13-14H2,1-2H3,(H,23,26). The van der Waals surface area contributed by atoms with Gasteiger partial charge in [-0.15, -0.1) is 0 Å². The Kier molecular flexibility index (Phi) is 5.95. The van der Waals surface area contributed by atoms with Gasteiger partial charge in [0.05, 0.1) is 31.1 Å². The smallest absolute Gasteiger partial charge is 0.326 e. The first kappa shape index (κ1) is 21.3. The zero-order valence-electron chi connectivity index (χ0n) is 17.7. The number of ether oxygens (including phenoxy) is 2. The van der Waals surface area contributed by atoms with Crippen molar-refractivity contribution in [3.63, 3.8) is 0 Å². The predicted octanol–water partition coefficient (Wildman–Crippen LogP) is 2.95. The van der Waals surface area contributed by atoms with Gasteiger partial charge in [-0.1, -0.05) is 12.1 Å². The fourth-order valence-corrected chi connectivity index (χ4v) is 5.64. The molecule has 2 aromatic carbocycles. The third-order valence-electron chi connectivity index (χ3n) is 5.20. The van der Waals surface area contributed by atoms with Gasteiger partial charge in [-0.2, -0.15) is 8.42 Å². The van der Waals surface area contributed by atoms with E-state index in [0.29, 0.717) is 41.7 Å². The van der Waals surface area contributed by atoms with E-state index in [9.17, 15) is 13.2 Å². The summed E-state index contributed by atoms with van der Waals surface area (Å²) in [5.41, 5.74) is 1.80. The lowest BCUT2D eigenvalue weighted by Crippen LogP contribution is -2.42. The average Bonchev–Trinajstić information content (AvgIpc) is 3.55. The summed E-state index contributed by atoms with van der Waals surface area (Å²) in [5, 5.41) is 2.81. The van der Waals surface area contributed by atoms with Crippen molar-refractivity contribution in [3.8, 4) is 11.5 Å². The van der Waals surface area contributed by atoms with Crippen molar-refractivity contribution in [1.29, 1.82) is 0 Å². The van der Waals surface area contributed by atoms with Gasteiger partial charge in [0.15, 0.2) is 11.5 Å². The van der Waals surface area contributed by atoms with Crippen LogP contribution in [0.2, 0.25) is 0 Å². The molecule has 0 aromatic heterocycles. The van der Waals surface area contributed by atoms with Crippen molar-refractivity contribution in [2.75, 3.05) is 34.9 Å². The van der Waals surface area contributed by atoms with Crippen molar-refractivity contribution in [2.24, 2.45) is 0 Å². The third kappa shape index (κ3) is 4.14. The monoisotopic (exact) mass is 445 g/mol. The number of hydrogen-bond acceptors (Lipinski definition) is 5. The molecule has 0 spiro atoms. The van der Waals surface area contributed by atoms with Gasteiger partial charge >= 0.3 is 10.2 Å². The number of benzene rings is 2. The summed E-state index contributed by atoms with van der Waals surface area (Å²) in [7, 11) is -3.63. The summed E-state index contributed by atoms with van der Waals surface area (Å²) in [6.45, 7) is 5.03. The van der Waals surface area contributed by atoms with E-state index in [1.165, 1.54) is 8.61 Å². The van der Waals surface area contributed by atoms with E-state index in [1.807, 2.05) is 32.0 Å². The molecule has 9 heteroatoms. The van der Waals surface area contributed by atoms with Crippen molar-refractivity contribution in [1.82, 2.24) is 5.32 Å². The molecule has 1 aliphatic heterocycles. The van der Waals surface area contributed by atoms with Crippen LogP contribution in [0.5, 0.6) is 11.5 Å². The SMILES string of the molecule is CCOc1ccc(C(=O)NCCN2c3ccccc3N(C3CC3)S2(=O)=O)cc1OCC. The Morgan fingerprint density at radius 3 is 2.39 bits per heavy atom. The summed E-state index contributed by atoms with van der Waals surface area (Å²) >= 11 is 0. The van der Waals surface area contributed by atoms with E-state index in [1.54, 1.807) is 24.3 Å². The number of rotatable bonds is 9. The average molecular weight is 446 g/mol. The van der Waals surface area contributed by atoms with E-state index < -0.39 is 10.2 Å². The molecule has 1 heterocycles.